The van der Waals surface area contributed by atoms with Gasteiger partial charge >= 0.3 is 11.7 Å². The predicted molar refractivity (Wildman–Crippen MR) is 74.4 cm³/mol. The van der Waals surface area contributed by atoms with Gasteiger partial charge in [-0.15, -0.1) is 0 Å². The number of esters is 1. The first-order valence-corrected chi connectivity index (χ1v) is 6.73. The van der Waals surface area contributed by atoms with Gasteiger partial charge in [-0.1, -0.05) is 23.9 Å². The van der Waals surface area contributed by atoms with Crippen LogP contribution in [0.5, 0.6) is 0 Å². The molecule has 0 amide bonds. The Morgan fingerprint density at radius 1 is 1.40 bits per heavy atom. The molecule has 0 saturated carbocycles. The number of carbonyl (C=O) groups is 1. The van der Waals surface area contributed by atoms with Crippen molar-refractivity contribution in [3.05, 3.63) is 40.4 Å². The van der Waals surface area contributed by atoms with Gasteiger partial charge in [-0.25, -0.2) is 4.79 Å². The Hall–Kier alpha value is -2.28. The lowest BCUT2D eigenvalue weighted by atomic mass is 10.2. The number of hydrogen-bond donors (Lipinski definition) is 2. The minimum atomic E-state index is -0.491. The van der Waals surface area contributed by atoms with Crippen molar-refractivity contribution in [1.29, 1.82) is 0 Å². The SMILES string of the molecule is COC(=O)Cc1[nH]c(=O)nc2c1Sc1ccccc1N2. The smallest absolute Gasteiger partial charge is 0.347 e. The Morgan fingerprint density at radius 3 is 3.00 bits per heavy atom. The van der Waals surface area contributed by atoms with E-state index in [2.05, 4.69) is 20.0 Å². The van der Waals surface area contributed by atoms with Crippen LogP contribution in [0.25, 0.3) is 0 Å². The first-order valence-electron chi connectivity index (χ1n) is 5.91. The summed E-state index contributed by atoms with van der Waals surface area (Å²) in [5.41, 5.74) is 0.918. The van der Waals surface area contributed by atoms with Gasteiger partial charge in [-0.05, 0) is 12.1 Å². The minimum absolute atomic E-state index is 0.00738. The molecule has 1 aliphatic rings. The van der Waals surface area contributed by atoms with Crippen LogP contribution >= 0.6 is 11.8 Å². The topological polar surface area (TPSA) is 84.1 Å². The summed E-state index contributed by atoms with van der Waals surface area (Å²) in [6.07, 6.45) is 0.00738. The second-order valence-electron chi connectivity index (χ2n) is 4.17. The normalized spacial score (nSPS) is 12.1. The first-order chi connectivity index (χ1) is 9.67. The quantitative estimate of drug-likeness (QED) is 0.698. The van der Waals surface area contributed by atoms with E-state index in [4.69, 9.17) is 0 Å². The molecule has 0 atom stereocenters. The Bertz CT molecular complexity index is 742. The number of anilines is 2. The maximum absolute atomic E-state index is 11.6. The second-order valence-corrected chi connectivity index (χ2v) is 5.23. The van der Waals surface area contributed by atoms with Crippen molar-refractivity contribution < 1.29 is 9.53 Å². The van der Waals surface area contributed by atoms with Gasteiger partial charge in [0.25, 0.3) is 0 Å². The van der Waals surface area contributed by atoms with Crippen LogP contribution in [0.1, 0.15) is 5.69 Å². The van der Waals surface area contributed by atoms with Crippen LogP contribution in [0.4, 0.5) is 11.5 Å². The number of benzene rings is 1. The van der Waals surface area contributed by atoms with Crippen molar-refractivity contribution in [2.24, 2.45) is 0 Å². The number of rotatable bonds is 2. The van der Waals surface area contributed by atoms with Gasteiger partial charge in [-0.2, -0.15) is 4.98 Å². The van der Waals surface area contributed by atoms with E-state index in [0.29, 0.717) is 11.5 Å². The molecule has 2 aromatic rings. The lowest BCUT2D eigenvalue weighted by molar-refractivity contribution is -0.139. The van der Waals surface area contributed by atoms with E-state index in [9.17, 15) is 9.59 Å². The van der Waals surface area contributed by atoms with Crippen LogP contribution in [0.3, 0.4) is 0 Å². The highest BCUT2D eigenvalue weighted by atomic mass is 32.2. The van der Waals surface area contributed by atoms with Crippen molar-refractivity contribution in [3.63, 3.8) is 0 Å². The van der Waals surface area contributed by atoms with Gasteiger partial charge in [0.2, 0.25) is 0 Å². The standard InChI is InChI=1S/C13H11N3O3S/c1-19-10(17)6-8-11-12(16-13(18)15-8)14-7-4-2-3-5-9(7)20-11/h2-5H,6H2,1H3,(H2,14,15,16,18). The predicted octanol–water partition coefficient (Wildman–Crippen LogP) is 1.69. The molecule has 20 heavy (non-hydrogen) atoms. The van der Waals surface area contributed by atoms with Gasteiger partial charge in [0, 0.05) is 10.6 Å². The Labute approximate surface area is 118 Å². The lowest BCUT2D eigenvalue weighted by Gasteiger charge is -2.21. The summed E-state index contributed by atoms with van der Waals surface area (Å²) in [6.45, 7) is 0. The van der Waals surface area contributed by atoms with Crippen LogP contribution in [-0.4, -0.2) is 23.0 Å². The van der Waals surface area contributed by atoms with Crippen molar-refractivity contribution in [2.75, 3.05) is 12.4 Å². The van der Waals surface area contributed by atoms with Gasteiger partial charge < -0.3 is 15.0 Å². The molecule has 3 rings (SSSR count). The highest BCUT2D eigenvalue weighted by Crippen LogP contribution is 2.43. The molecule has 1 aliphatic heterocycles. The van der Waals surface area contributed by atoms with Crippen LogP contribution in [-0.2, 0) is 16.0 Å². The third kappa shape index (κ3) is 2.27. The number of nitrogens with one attached hydrogen (secondary N) is 2. The fraction of sp³-hybridized carbons (Fsp3) is 0.154. The van der Waals surface area contributed by atoms with Crippen LogP contribution in [0.2, 0.25) is 0 Å². The molecule has 0 bridgehead atoms. The summed E-state index contributed by atoms with van der Waals surface area (Å²) in [6, 6.07) is 7.70. The number of para-hydroxylation sites is 1. The molecule has 102 valence electrons. The highest BCUT2D eigenvalue weighted by molar-refractivity contribution is 7.99. The van der Waals surface area contributed by atoms with E-state index < -0.39 is 11.7 Å². The van der Waals surface area contributed by atoms with Crippen LogP contribution in [0, 0.1) is 0 Å². The van der Waals surface area contributed by atoms with E-state index in [1.807, 2.05) is 24.3 Å². The molecule has 7 heteroatoms. The molecule has 2 N–H and O–H groups in total. The number of fused-ring (bicyclic) bond motifs is 2. The molecule has 0 fully saturated rings. The summed E-state index contributed by atoms with van der Waals surface area (Å²) in [4.78, 5) is 31.3. The maximum Gasteiger partial charge on any atom is 0.347 e. The fourth-order valence-corrected chi connectivity index (χ4v) is 2.98. The Morgan fingerprint density at radius 2 is 2.20 bits per heavy atom. The van der Waals surface area contributed by atoms with Crippen LogP contribution in [0.15, 0.2) is 38.9 Å². The van der Waals surface area contributed by atoms with E-state index in [1.54, 1.807) is 0 Å². The summed E-state index contributed by atoms with van der Waals surface area (Å²) in [5, 5.41) is 3.11. The third-order valence-corrected chi connectivity index (χ3v) is 4.08. The molecule has 0 saturated heterocycles. The number of H-pyrrole nitrogens is 1. The monoisotopic (exact) mass is 289 g/mol. The molecule has 6 nitrogen and oxygen atoms in total. The molecule has 0 radical (unpaired) electrons. The number of hydrogen-bond acceptors (Lipinski definition) is 6. The summed E-state index contributed by atoms with van der Waals surface area (Å²) in [7, 11) is 1.31. The Balaban J connectivity index is 2.06. The van der Waals surface area contributed by atoms with E-state index >= 15 is 0 Å². The number of carbonyl (C=O) groups excluding carboxylic acids is 1. The highest BCUT2D eigenvalue weighted by Gasteiger charge is 2.22. The molecular weight excluding hydrogens is 278 g/mol. The Kier molecular flexibility index (Phi) is 3.19. The second kappa shape index (κ2) is 5.01. The molecule has 1 aromatic carbocycles. The zero-order valence-electron chi connectivity index (χ0n) is 10.6. The fourth-order valence-electron chi connectivity index (χ4n) is 1.94. The van der Waals surface area contributed by atoms with Crippen molar-refractivity contribution in [2.45, 2.75) is 16.2 Å². The zero-order valence-corrected chi connectivity index (χ0v) is 11.4. The summed E-state index contributed by atoms with van der Waals surface area (Å²) in [5.74, 6) is 0.0601. The zero-order chi connectivity index (χ0) is 14.1. The maximum atomic E-state index is 11.6. The number of aromatic amines is 1. The van der Waals surface area contributed by atoms with E-state index in [0.717, 1.165) is 15.5 Å². The average molecular weight is 289 g/mol. The van der Waals surface area contributed by atoms with Crippen molar-refractivity contribution in [3.8, 4) is 0 Å². The van der Waals surface area contributed by atoms with Crippen molar-refractivity contribution >= 4 is 29.2 Å². The van der Waals surface area contributed by atoms with Gasteiger partial charge in [0.15, 0.2) is 5.82 Å². The largest absolute Gasteiger partial charge is 0.469 e. The number of ether oxygens (including phenoxy) is 1. The van der Waals surface area contributed by atoms with Crippen LogP contribution < -0.4 is 11.0 Å². The molecular formula is C13H11N3O3S. The molecule has 1 aromatic heterocycles. The molecule has 0 aliphatic carbocycles. The summed E-state index contributed by atoms with van der Waals surface area (Å²) >= 11 is 1.47. The van der Waals surface area contributed by atoms with Crippen molar-refractivity contribution in [1.82, 2.24) is 9.97 Å². The molecule has 0 spiro atoms. The van der Waals surface area contributed by atoms with E-state index in [1.165, 1.54) is 18.9 Å². The van der Waals surface area contributed by atoms with E-state index in [-0.39, 0.29) is 6.42 Å². The lowest BCUT2D eigenvalue weighted by Crippen LogP contribution is -2.20. The summed E-state index contributed by atoms with van der Waals surface area (Å²) < 4.78 is 4.64. The van der Waals surface area contributed by atoms with Gasteiger partial charge in [-0.3, -0.25) is 4.79 Å². The molecule has 2 heterocycles. The number of nitrogens with zero attached hydrogens (tertiary/aromatic N) is 1. The first kappa shape index (κ1) is 12.7. The molecule has 0 unspecified atom stereocenters. The minimum Gasteiger partial charge on any atom is -0.469 e. The van der Waals surface area contributed by atoms with Gasteiger partial charge in [0.1, 0.15) is 0 Å². The van der Waals surface area contributed by atoms with Gasteiger partial charge in [0.05, 0.1) is 24.1 Å². The number of aromatic nitrogens is 2. The number of methoxy groups -OCH3 is 1. The third-order valence-electron chi connectivity index (χ3n) is 2.86. The average Bonchev–Trinajstić information content (AvgIpc) is 2.45.